The second-order valence-electron chi connectivity index (χ2n) is 10.1. The molecule has 0 spiro atoms. The molecule has 2 aliphatic rings. The van der Waals surface area contributed by atoms with Gasteiger partial charge in [-0.15, -0.1) is 0 Å². The van der Waals surface area contributed by atoms with E-state index in [9.17, 15) is 14.4 Å². The maximum Gasteiger partial charge on any atom is 0.260 e. The minimum Gasteiger partial charge on any atom is -0.483 e. The molecule has 0 radical (unpaired) electrons. The van der Waals surface area contributed by atoms with Gasteiger partial charge >= 0.3 is 0 Å². The maximum absolute atomic E-state index is 13.1. The van der Waals surface area contributed by atoms with Crippen LogP contribution in [0, 0.1) is 26.7 Å². The van der Waals surface area contributed by atoms with E-state index in [1.165, 1.54) is 0 Å². The van der Waals surface area contributed by atoms with Gasteiger partial charge in [0.05, 0.1) is 5.92 Å². The lowest BCUT2D eigenvalue weighted by Gasteiger charge is -2.32. The summed E-state index contributed by atoms with van der Waals surface area (Å²) >= 11 is 0. The molecule has 0 N–H and O–H groups in total. The van der Waals surface area contributed by atoms with Crippen LogP contribution < -0.4 is 4.74 Å². The zero-order chi connectivity index (χ0) is 23.6. The first-order valence-electron chi connectivity index (χ1n) is 11.6. The largest absolute Gasteiger partial charge is 0.483 e. The van der Waals surface area contributed by atoms with Gasteiger partial charge in [0, 0.05) is 44.7 Å². The van der Waals surface area contributed by atoms with E-state index in [1.54, 1.807) is 9.80 Å². The Morgan fingerprint density at radius 2 is 1.62 bits per heavy atom. The molecule has 2 aliphatic heterocycles. The van der Waals surface area contributed by atoms with Crippen molar-refractivity contribution >= 4 is 17.7 Å². The van der Waals surface area contributed by atoms with Crippen LogP contribution in [-0.4, -0.2) is 77.3 Å². The van der Waals surface area contributed by atoms with Crippen molar-refractivity contribution in [2.45, 2.75) is 59.9 Å². The van der Waals surface area contributed by atoms with Gasteiger partial charge in [-0.1, -0.05) is 12.1 Å². The molecule has 2 heterocycles. The molecule has 1 aromatic carbocycles. The molecule has 3 amide bonds. The zero-order valence-corrected chi connectivity index (χ0v) is 20.4. The van der Waals surface area contributed by atoms with Crippen LogP contribution in [0.5, 0.6) is 5.75 Å². The lowest BCUT2D eigenvalue weighted by atomic mass is 10.1. The Balaban J connectivity index is 1.55. The van der Waals surface area contributed by atoms with Crippen molar-refractivity contribution in [2.75, 3.05) is 39.3 Å². The highest BCUT2D eigenvalue weighted by Gasteiger charge is 2.41. The summed E-state index contributed by atoms with van der Waals surface area (Å²) in [6.07, 6.45) is 1.00. The molecule has 7 nitrogen and oxygen atoms in total. The van der Waals surface area contributed by atoms with E-state index in [4.69, 9.17) is 4.74 Å². The third-order valence-electron chi connectivity index (χ3n) is 6.66. The van der Waals surface area contributed by atoms with Gasteiger partial charge in [0.2, 0.25) is 11.8 Å². The molecule has 32 heavy (non-hydrogen) atoms. The number of hydrogen-bond acceptors (Lipinski definition) is 4. The van der Waals surface area contributed by atoms with Crippen LogP contribution in [-0.2, 0) is 14.4 Å². The topological polar surface area (TPSA) is 70.2 Å². The van der Waals surface area contributed by atoms with Gasteiger partial charge in [-0.05, 0) is 64.7 Å². The average molecular weight is 444 g/mol. The molecule has 0 saturated carbocycles. The molecule has 1 unspecified atom stereocenters. The normalized spacial score (nSPS) is 19.9. The minimum absolute atomic E-state index is 0.00322. The molecule has 0 bridgehead atoms. The van der Waals surface area contributed by atoms with E-state index < -0.39 is 0 Å². The molecule has 1 aromatic rings. The van der Waals surface area contributed by atoms with Crippen molar-refractivity contribution in [3.8, 4) is 5.75 Å². The summed E-state index contributed by atoms with van der Waals surface area (Å²) in [7, 11) is 0. The predicted octanol–water partition coefficient (Wildman–Crippen LogP) is 2.70. The van der Waals surface area contributed by atoms with E-state index in [1.807, 2.05) is 52.5 Å². The van der Waals surface area contributed by atoms with E-state index in [2.05, 4.69) is 6.07 Å². The van der Waals surface area contributed by atoms with Crippen molar-refractivity contribution in [1.29, 1.82) is 0 Å². The summed E-state index contributed by atoms with van der Waals surface area (Å²) < 4.78 is 5.90. The van der Waals surface area contributed by atoms with E-state index in [0.717, 1.165) is 28.9 Å². The highest BCUT2D eigenvalue weighted by Crippen LogP contribution is 2.28. The van der Waals surface area contributed by atoms with Gasteiger partial charge in [0.15, 0.2) is 6.61 Å². The molecule has 3 rings (SSSR count). The van der Waals surface area contributed by atoms with Crippen LogP contribution in [0.2, 0.25) is 0 Å². The van der Waals surface area contributed by atoms with Crippen LogP contribution in [0.4, 0.5) is 0 Å². The Bertz CT molecular complexity index is 890. The summed E-state index contributed by atoms with van der Waals surface area (Å²) in [4.78, 5) is 43.7. The SMILES string of the molecule is Cc1ccc(C)c(OCC(=O)N2CCCN(C(=O)C3CC(=O)N(C(C)(C)C)C3)CC2)c1C. The molecule has 2 saturated heterocycles. The molecular formula is C25H37N3O4. The molecule has 0 aromatic heterocycles. The number of amides is 3. The number of ether oxygens (including phenoxy) is 1. The Kier molecular flexibility index (Phi) is 7.16. The Morgan fingerprint density at radius 3 is 2.28 bits per heavy atom. The van der Waals surface area contributed by atoms with Gasteiger partial charge in [-0.2, -0.15) is 0 Å². The van der Waals surface area contributed by atoms with Crippen molar-refractivity contribution in [3.63, 3.8) is 0 Å². The number of likely N-dealkylation sites (tertiary alicyclic amines) is 1. The first kappa shape index (κ1) is 24.1. The summed E-state index contributed by atoms with van der Waals surface area (Å²) in [5, 5.41) is 0. The number of nitrogens with zero attached hydrogens (tertiary/aromatic N) is 3. The smallest absolute Gasteiger partial charge is 0.260 e. The number of benzene rings is 1. The number of aryl methyl sites for hydroxylation is 2. The van der Waals surface area contributed by atoms with Crippen LogP contribution in [0.25, 0.3) is 0 Å². The van der Waals surface area contributed by atoms with E-state index >= 15 is 0 Å². The van der Waals surface area contributed by atoms with Crippen molar-refractivity contribution in [1.82, 2.24) is 14.7 Å². The number of hydrogen-bond donors (Lipinski definition) is 0. The lowest BCUT2D eigenvalue weighted by molar-refractivity contribution is -0.137. The summed E-state index contributed by atoms with van der Waals surface area (Å²) in [6, 6.07) is 4.06. The van der Waals surface area contributed by atoms with Gasteiger partial charge < -0.3 is 19.4 Å². The highest BCUT2D eigenvalue weighted by molar-refractivity contribution is 5.89. The second-order valence-corrected chi connectivity index (χ2v) is 10.1. The number of carbonyl (C=O) groups is 3. The highest BCUT2D eigenvalue weighted by atomic mass is 16.5. The second kappa shape index (κ2) is 9.51. The fraction of sp³-hybridized carbons (Fsp3) is 0.640. The molecule has 176 valence electrons. The Labute approximate surface area is 191 Å². The van der Waals surface area contributed by atoms with Crippen LogP contribution >= 0.6 is 0 Å². The third kappa shape index (κ3) is 5.25. The third-order valence-corrected chi connectivity index (χ3v) is 6.66. The van der Waals surface area contributed by atoms with Gasteiger partial charge in [0.1, 0.15) is 5.75 Å². The van der Waals surface area contributed by atoms with Crippen molar-refractivity contribution < 1.29 is 19.1 Å². The van der Waals surface area contributed by atoms with E-state index in [-0.39, 0.29) is 42.2 Å². The molecule has 0 aliphatic carbocycles. The van der Waals surface area contributed by atoms with Crippen molar-refractivity contribution in [2.24, 2.45) is 5.92 Å². The van der Waals surface area contributed by atoms with Gasteiger partial charge in [-0.3, -0.25) is 14.4 Å². The summed E-state index contributed by atoms with van der Waals surface area (Å²) in [6.45, 7) is 14.7. The van der Waals surface area contributed by atoms with Gasteiger partial charge in [-0.25, -0.2) is 0 Å². The molecular weight excluding hydrogens is 406 g/mol. The fourth-order valence-electron chi connectivity index (χ4n) is 4.54. The number of carbonyl (C=O) groups excluding carboxylic acids is 3. The fourth-order valence-corrected chi connectivity index (χ4v) is 4.54. The molecule has 1 atom stereocenters. The van der Waals surface area contributed by atoms with Gasteiger partial charge in [0.25, 0.3) is 5.91 Å². The number of rotatable bonds is 4. The average Bonchev–Trinajstić information content (AvgIpc) is 2.96. The molecule has 2 fully saturated rings. The van der Waals surface area contributed by atoms with Crippen LogP contribution in [0.1, 0.15) is 50.3 Å². The summed E-state index contributed by atoms with van der Waals surface area (Å²) in [5.41, 5.74) is 2.93. The standard InChI is InChI=1S/C25H37N3O4/c1-17-8-9-18(2)23(19(17)3)32-16-22(30)26-10-7-11-27(13-12-26)24(31)20-14-21(29)28(15-20)25(4,5)6/h8-9,20H,7,10-16H2,1-6H3. The van der Waals surface area contributed by atoms with Crippen molar-refractivity contribution in [3.05, 3.63) is 28.8 Å². The first-order valence-corrected chi connectivity index (χ1v) is 11.6. The minimum atomic E-state index is -0.292. The van der Waals surface area contributed by atoms with E-state index in [0.29, 0.717) is 32.7 Å². The maximum atomic E-state index is 13.1. The Morgan fingerprint density at radius 1 is 1.00 bits per heavy atom. The summed E-state index contributed by atoms with van der Waals surface area (Å²) in [5.74, 6) is 0.497. The van der Waals surface area contributed by atoms with Crippen LogP contribution in [0.3, 0.4) is 0 Å². The quantitative estimate of drug-likeness (QED) is 0.718. The predicted molar refractivity (Wildman–Crippen MR) is 123 cm³/mol. The van der Waals surface area contributed by atoms with Crippen LogP contribution in [0.15, 0.2) is 12.1 Å². The Hall–Kier alpha value is -2.57. The monoisotopic (exact) mass is 443 g/mol. The lowest BCUT2D eigenvalue weighted by Crippen LogP contribution is -2.44. The first-order chi connectivity index (χ1) is 15.0. The molecule has 7 heteroatoms. The zero-order valence-electron chi connectivity index (χ0n) is 20.4.